The molecule has 6 aliphatic heterocycles. The Balaban J connectivity index is 0.000000261. The number of hydrogen-bond donors (Lipinski definition) is 8. The van der Waals surface area contributed by atoms with Gasteiger partial charge in [0.1, 0.15) is 70.7 Å². The van der Waals surface area contributed by atoms with E-state index in [4.69, 9.17) is 28.8 Å². The first-order chi connectivity index (χ1) is 33.8. The maximum Gasteiger partial charge on any atom is 0.342 e. The van der Waals surface area contributed by atoms with E-state index in [0.29, 0.717) is 36.4 Å². The van der Waals surface area contributed by atoms with Crippen molar-refractivity contribution in [3.8, 4) is 23.0 Å². The van der Waals surface area contributed by atoms with Crippen molar-refractivity contribution in [2.75, 3.05) is 53.5 Å². The number of halogens is 2. The number of cyclic esters (lactones) is 2. The van der Waals surface area contributed by atoms with Gasteiger partial charge in [-0.3, -0.25) is 9.59 Å². The van der Waals surface area contributed by atoms with Crippen LogP contribution in [-0.2, 0) is 47.1 Å². The third-order valence-electron chi connectivity index (χ3n) is 13.0. The predicted octanol–water partition coefficient (Wildman–Crippen LogP) is 4.55. The summed E-state index contributed by atoms with van der Waals surface area (Å²) in [5.74, 6) is -2.39. The second-order valence-corrected chi connectivity index (χ2v) is 19.1. The molecule has 72 heavy (non-hydrogen) atoms. The SMILES string of the molecule is CN1CCCC(CO)C1.C[C@H]1C/C=C\C(=O)[C@@H](O)[C@@H](O)C[C@H]2O[C@@H]2c2cc(O)cc(O)c2C(=O)O1.C[C@H]1C/C=C\C(=O)[C@@H](O)[C@@H](O)C[C@H]2O[C@@H]2c2cc(OCC3CCCN(C)C3)cc(O)c2C(=O)O1.II.[V]. The monoisotopic (exact) mass is 1270 g/mol. The Morgan fingerprint density at radius 1 is 0.667 bits per heavy atom. The van der Waals surface area contributed by atoms with E-state index in [2.05, 4.69) is 61.1 Å². The second kappa shape index (κ2) is 29.4. The van der Waals surface area contributed by atoms with Crippen LogP contribution in [-0.4, -0.2) is 176 Å². The molecule has 19 nitrogen and oxygen atoms in total. The molecule has 4 saturated heterocycles. The number of esters is 2. The van der Waals surface area contributed by atoms with Gasteiger partial charge in [0.05, 0.1) is 31.0 Å². The van der Waals surface area contributed by atoms with E-state index in [-0.39, 0.29) is 72.4 Å². The Morgan fingerprint density at radius 3 is 1.57 bits per heavy atom. The zero-order valence-electron chi connectivity index (χ0n) is 40.8. The fourth-order valence-electron chi connectivity index (χ4n) is 9.11. The van der Waals surface area contributed by atoms with Crippen molar-refractivity contribution in [1.82, 2.24) is 9.80 Å². The molecule has 12 atom stereocenters. The average Bonchev–Trinajstić information content (AvgIpc) is 4.27. The van der Waals surface area contributed by atoms with E-state index in [0.717, 1.165) is 44.6 Å². The van der Waals surface area contributed by atoms with Gasteiger partial charge in [-0.2, -0.15) is 0 Å². The smallest absolute Gasteiger partial charge is 0.342 e. The minimum Gasteiger partial charge on any atom is -0.508 e. The fraction of sp³-hybridized carbons (Fsp3) is 0.600. The van der Waals surface area contributed by atoms with E-state index < -0.39 is 90.3 Å². The molecule has 22 heteroatoms. The topological polar surface area (TPSA) is 289 Å². The molecule has 4 fully saturated rings. The number of fused-ring (bicyclic) bond motifs is 6. The van der Waals surface area contributed by atoms with Crippen LogP contribution in [0.1, 0.15) is 109 Å². The number of aliphatic hydroxyl groups is 5. The van der Waals surface area contributed by atoms with E-state index in [1.54, 1.807) is 19.9 Å². The number of rotatable bonds is 4. The first kappa shape index (κ1) is 61.6. The number of hydrogen-bond acceptors (Lipinski definition) is 19. The zero-order chi connectivity index (χ0) is 52.1. The zero-order valence-corrected chi connectivity index (χ0v) is 46.5. The van der Waals surface area contributed by atoms with Crippen LogP contribution in [0.5, 0.6) is 23.0 Å². The molecule has 1 radical (unpaired) electrons. The van der Waals surface area contributed by atoms with Gasteiger partial charge in [0.2, 0.25) is 0 Å². The number of likely N-dealkylation sites (tertiary alicyclic amines) is 2. The van der Waals surface area contributed by atoms with Gasteiger partial charge < -0.3 is 74.3 Å². The Morgan fingerprint density at radius 2 is 1.11 bits per heavy atom. The summed E-state index contributed by atoms with van der Waals surface area (Å²) in [6.07, 6.45) is 0.845. The van der Waals surface area contributed by atoms with Crippen molar-refractivity contribution in [2.24, 2.45) is 11.8 Å². The number of epoxide rings is 2. The largest absolute Gasteiger partial charge is 0.508 e. The van der Waals surface area contributed by atoms with Crippen LogP contribution < -0.4 is 4.74 Å². The third kappa shape index (κ3) is 17.9. The molecule has 399 valence electrons. The Labute approximate surface area is 455 Å². The normalized spacial score (nSPS) is 31.9. The number of carbonyl (C=O) groups excluding carboxylic acids is 4. The summed E-state index contributed by atoms with van der Waals surface area (Å²) in [6.45, 7) is 8.41. The quantitative estimate of drug-likeness (QED) is 0.118. The molecule has 8 N–H and O–H groups in total. The number of aromatic hydroxyl groups is 3. The van der Waals surface area contributed by atoms with Gasteiger partial charge in [0.25, 0.3) is 0 Å². The molecule has 0 bridgehead atoms. The van der Waals surface area contributed by atoms with Crippen LogP contribution in [0.4, 0.5) is 0 Å². The van der Waals surface area contributed by atoms with E-state index in [1.165, 1.54) is 49.7 Å². The van der Waals surface area contributed by atoms with Gasteiger partial charge in [0.15, 0.2) is 11.6 Å². The first-order valence-electron chi connectivity index (χ1n) is 23.9. The van der Waals surface area contributed by atoms with Crippen molar-refractivity contribution in [1.29, 1.82) is 0 Å². The molecule has 0 amide bonds. The maximum absolute atomic E-state index is 12.9. The summed E-state index contributed by atoms with van der Waals surface area (Å²) in [5, 5.41) is 79.8. The van der Waals surface area contributed by atoms with Gasteiger partial charge in [0, 0.05) is 130 Å². The summed E-state index contributed by atoms with van der Waals surface area (Å²) >= 11 is 4.24. The minimum absolute atomic E-state index is 0. The molecule has 2 aromatic rings. The molecule has 0 saturated carbocycles. The summed E-state index contributed by atoms with van der Waals surface area (Å²) in [6, 6.07) is 5.39. The summed E-state index contributed by atoms with van der Waals surface area (Å²) in [4.78, 5) is 53.9. The maximum atomic E-state index is 12.9. The number of aliphatic hydroxyl groups excluding tert-OH is 5. The van der Waals surface area contributed by atoms with Crippen molar-refractivity contribution in [3.63, 3.8) is 0 Å². The van der Waals surface area contributed by atoms with Crippen molar-refractivity contribution < 1.29 is 102 Å². The molecule has 0 aromatic heterocycles. The molecule has 6 aliphatic rings. The fourth-order valence-corrected chi connectivity index (χ4v) is 9.11. The Kier molecular flexibility index (Phi) is 25.2. The number of nitrogens with zero attached hydrogens (tertiary/aromatic N) is 2. The molecule has 6 heterocycles. The summed E-state index contributed by atoms with van der Waals surface area (Å²) in [7, 11) is 4.19. The number of phenolic OH excluding ortho intramolecular Hbond substituents is 3. The van der Waals surface area contributed by atoms with Gasteiger partial charge in [-0.05, 0) is 96.9 Å². The van der Waals surface area contributed by atoms with Gasteiger partial charge in [-0.15, -0.1) is 0 Å². The molecule has 0 spiro atoms. The third-order valence-corrected chi connectivity index (χ3v) is 13.0. The molecule has 2 unspecified atom stereocenters. The van der Waals surface area contributed by atoms with Gasteiger partial charge >= 0.3 is 11.9 Å². The second-order valence-electron chi connectivity index (χ2n) is 19.1. The van der Waals surface area contributed by atoms with E-state index in [1.807, 2.05) is 0 Å². The number of benzene rings is 2. The van der Waals surface area contributed by atoms with Crippen LogP contribution in [0, 0.1) is 11.8 Å². The van der Waals surface area contributed by atoms with E-state index in [9.17, 15) is 54.9 Å². The van der Waals surface area contributed by atoms with Crippen LogP contribution in [0.3, 0.4) is 0 Å². The molecule has 8 rings (SSSR count). The van der Waals surface area contributed by atoms with Crippen LogP contribution in [0.15, 0.2) is 48.6 Å². The van der Waals surface area contributed by atoms with Crippen LogP contribution in [0.25, 0.3) is 0 Å². The number of piperidine rings is 2. The Bertz CT molecular complexity index is 2200. The van der Waals surface area contributed by atoms with Crippen molar-refractivity contribution in [3.05, 3.63) is 70.8 Å². The molecular formula is C50H68I2N2O17V. The first-order valence-corrected chi connectivity index (χ1v) is 30.2. The number of carbonyl (C=O) groups is 4. The Hall–Kier alpha value is -2.92. The van der Waals surface area contributed by atoms with E-state index >= 15 is 0 Å². The predicted molar refractivity (Wildman–Crippen MR) is 275 cm³/mol. The van der Waals surface area contributed by atoms with Crippen molar-refractivity contribution in [2.45, 2.75) is 126 Å². The van der Waals surface area contributed by atoms with Gasteiger partial charge in [-0.1, -0.05) is 12.2 Å². The molecule has 2 aromatic carbocycles. The number of ether oxygens (including phenoxy) is 5. The van der Waals surface area contributed by atoms with Gasteiger partial charge in [-0.25, -0.2) is 9.59 Å². The average molecular weight is 1270 g/mol. The minimum atomic E-state index is -1.59. The summed E-state index contributed by atoms with van der Waals surface area (Å²) < 4.78 is 27.9. The number of ketones is 2. The number of phenols is 3. The van der Waals surface area contributed by atoms with Crippen molar-refractivity contribution >= 4 is 60.7 Å². The summed E-state index contributed by atoms with van der Waals surface area (Å²) in [5.41, 5.74) is 0.509. The standard InChI is InChI=1S/C25H33NO8.C18H20O8.C7H15NO.I2.V/c1-14-5-3-7-18(27)23(30)20(29)11-21-24(34-21)17-9-16(10-19(28)22(17)25(31)33-14)32-13-15-6-4-8-26(2)12-15;1-8-3-2-4-11(20)16(23)13(22)7-14-17(26-14)10-5-9(19)6-12(21)15(10)18(24)25-8;1-8-4-2-3-7(5-8)6-9;1-2;/h3,7,9-10,14-15,20-21,23-24,28-30H,4-6,8,11-13H2,1-2H3;2,4-6,8,13-14,16-17,19,21-23H,3,7H2,1H3;7,9H,2-6H2,1H3;;/b7-3-;4-2-;;;/t14-,15?,20-,21+,23+,24+;8-,13-,14+,16+,17+;;;/m00.../s1. The van der Waals surface area contributed by atoms with Crippen LogP contribution >= 0.6 is 37.2 Å². The molecule has 0 aliphatic carbocycles. The molecular weight excluding hydrogens is 1210 g/mol. The van der Waals surface area contributed by atoms with Crippen LogP contribution in [0.2, 0.25) is 0 Å².